The normalized spacial score (nSPS) is 24.2. The second kappa shape index (κ2) is 2.73. The van der Waals surface area contributed by atoms with Gasteiger partial charge in [0.15, 0.2) is 0 Å². The summed E-state index contributed by atoms with van der Waals surface area (Å²) in [5, 5.41) is 10.6. The average molecular weight is 170 g/mol. The van der Waals surface area contributed by atoms with Gasteiger partial charge in [0.05, 0.1) is 5.60 Å². The lowest BCUT2D eigenvalue weighted by Gasteiger charge is -2.44. The fourth-order valence-electron chi connectivity index (χ4n) is 2.47. The van der Waals surface area contributed by atoms with Crippen LogP contribution in [-0.4, -0.2) is 10.7 Å². The van der Waals surface area contributed by atoms with Crippen molar-refractivity contribution in [1.29, 1.82) is 0 Å². The highest BCUT2D eigenvalue weighted by molar-refractivity contribution is 5.03. The molecule has 0 amide bonds. The van der Waals surface area contributed by atoms with Gasteiger partial charge in [0.2, 0.25) is 0 Å². The van der Waals surface area contributed by atoms with Crippen LogP contribution in [0.25, 0.3) is 0 Å². The summed E-state index contributed by atoms with van der Waals surface area (Å²) in [5.74, 6) is 0.919. The molecule has 12 heavy (non-hydrogen) atoms. The van der Waals surface area contributed by atoms with Gasteiger partial charge in [-0.05, 0) is 30.1 Å². The second-order valence-electron chi connectivity index (χ2n) is 5.50. The first-order valence-electron chi connectivity index (χ1n) is 5.02. The summed E-state index contributed by atoms with van der Waals surface area (Å²) >= 11 is 0. The van der Waals surface area contributed by atoms with E-state index in [4.69, 9.17) is 0 Å². The molecule has 0 bridgehead atoms. The van der Waals surface area contributed by atoms with Crippen molar-refractivity contribution in [3.8, 4) is 0 Å². The van der Waals surface area contributed by atoms with Crippen LogP contribution < -0.4 is 0 Å². The minimum absolute atomic E-state index is 0.0162. The third kappa shape index (κ3) is 1.39. The Morgan fingerprint density at radius 1 is 1.17 bits per heavy atom. The molecule has 0 aromatic rings. The number of rotatable bonds is 2. The first-order chi connectivity index (χ1) is 5.30. The van der Waals surface area contributed by atoms with Gasteiger partial charge in [-0.2, -0.15) is 0 Å². The molecule has 1 aliphatic rings. The zero-order valence-electron chi connectivity index (χ0n) is 9.02. The molecule has 0 aromatic heterocycles. The van der Waals surface area contributed by atoms with E-state index in [9.17, 15) is 5.11 Å². The van der Waals surface area contributed by atoms with Gasteiger partial charge in [-0.25, -0.2) is 0 Å². The van der Waals surface area contributed by atoms with Gasteiger partial charge in [0.1, 0.15) is 0 Å². The van der Waals surface area contributed by atoms with Gasteiger partial charge in [0.25, 0.3) is 0 Å². The van der Waals surface area contributed by atoms with Gasteiger partial charge in [0, 0.05) is 0 Å². The molecular formula is C11H22O. The summed E-state index contributed by atoms with van der Waals surface area (Å²) in [4.78, 5) is 0. The maximum atomic E-state index is 10.6. The van der Waals surface area contributed by atoms with Crippen LogP contribution in [-0.2, 0) is 0 Å². The highest BCUT2D eigenvalue weighted by Gasteiger charge is 2.52. The van der Waals surface area contributed by atoms with E-state index >= 15 is 0 Å². The summed E-state index contributed by atoms with van der Waals surface area (Å²) in [5.41, 5.74) is -0.435. The number of aliphatic hydroxyl groups is 1. The van der Waals surface area contributed by atoms with E-state index in [1.165, 1.54) is 12.8 Å². The van der Waals surface area contributed by atoms with Crippen molar-refractivity contribution >= 4 is 0 Å². The van der Waals surface area contributed by atoms with Gasteiger partial charge in [-0.15, -0.1) is 0 Å². The Kier molecular flexibility index (Phi) is 2.28. The van der Waals surface area contributed by atoms with Crippen LogP contribution >= 0.6 is 0 Å². The van der Waals surface area contributed by atoms with Crippen molar-refractivity contribution in [3.63, 3.8) is 0 Å². The van der Waals surface area contributed by atoms with E-state index in [1.54, 1.807) is 0 Å². The highest BCUT2D eigenvalue weighted by atomic mass is 16.3. The van der Waals surface area contributed by atoms with E-state index < -0.39 is 5.60 Å². The first-order valence-corrected chi connectivity index (χ1v) is 5.02. The highest BCUT2D eigenvalue weighted by Crippen LogP contribution is 2.52. The molecule has 1 N–H and O–H groups in total. The molecular weight excluding hydrogens is 148 g/mol. The molecule has 1 fully saturated rings. The molecule has 1 aliphatic carbocycles. The minimum atomic E-state index is -0.451. The molecule has 1 heteroatoms. The van der Waals surface area contributed by atoms with Crippen LogP contribution in [0.1, 0.15) is 47.5 Å². The Morgan fingerprint density at radius 3 is 1.67 bits per heavy atom. The third-order valence-electron chi connectivity index (χ3n) is 3.28. The van der Waals surface area contributed by atoms with Gasteiger partial charge < -0.3 is 5.11 Å². The van der Waals surface area contributed by atoms with Crippen LogP contribution in [0.2, 0.25) is 0 Å². The van der Waals surface area contributed by atoms with Crippen molar-refractivity contribution < 1.29 is 5.11 Å². The topological polar surface area (TPSA) is 20.2 Å². The van der Waals surface area contributed by atoms with E-state index in [-0.39, 0.29) is 5.41 Å². The summed E-state index contributed by atoms with van der Waals surface area (Å²) in [7, 11) is 0. The predicted molar refractivity (Wildman–Crippen MR) is 52.0 cm³/mol. The van der Waals surface area contributed by atoms with E-state index in [2.05, 4.69) is 34.6 Å². The lowest BCUT2D eigenvalue weighted by atomic mass is 9.67. The monoisotopic (exact) mass is 170 g/mol. The standard InChI is InChI=1S/C11H22O/c1-8(2)11(12,9-6-7-9)10(3,4)5/h8-9,12H,6-7H2,1-5H3. The van der Waals surface area contributed by atoms with Crippen molar-refractivity contribution in [2.24, 2.45) is 17.3 Å². The van der Waals surface area contributed by atoms with E-state index in [1.807, 2.05) is 0 Å². The Balaban J connectivity index is 2.85. The molecule has 0 heterocycles. The maximum absolute atomic E-state index is 10.6. The van der Waals surface area contributed by atoms with Gasteiger partial charge in [-0.3, -0.25) is 0 Å². The zero-order chi connectivity index (χ0) is 9.57. The zero-order valence-corrected chi connectivity index (χ0v) is 9.02. The Bertz CT molecular complexity index is 158. The second-order valence-corrected chi connectivity index (χ2v) is 5.50. The van der Waals surface area contributed by atoms with Crippen LogP contribution in [0.15, 0.2) is 0 Å². The number of hydrogen-bond acceptors (Lipinski definition) is 1. The molecule has 72 valence electrons. The molecule has 1 unspecified atom stereocenters. The summed E-state index contributed by atoms with van der Waals surface area (Å²) in [6.07, 6.45) is 2.43. The van der Waals surface area contributed by atoms with Gasteiger partial charge in [-0.1, -0.05) is 34.6 Å². The molecule has 1 rings (SSSR count). The molecule has 0 radical (unpaired) electrons. The van der Waals surface area contributed by atoms with Crippen molar-refractivity contribution in [3.05, 3.63) is 0 Å². The molecule has 1 saturated carbocycles. The minimum Gasteiger partial charge on any atom is -0.389 e. The Hall–Kier alpha value is -0.0400. The first kappa shape index (κ1) is 10.0. The summed E-state index contributed by atoms with van der Waals surface area (Å²) in [6.45, 7) is 10.7. The van der Waals surface area contributed by atoms with Crippen LogP contribution in [0, 0.1) is 17.3 Å². The fraction of sp³-hybridized carbons (Fsp3) is 1.00. The predicted octanol–water partition coefficient (Wildman–Crippen LogP) is 2.83. The lowest BCUT2D eigenvalue weighted by Crippen LogP contribution is -2.49. The van der Waals surface area contributed by atoms with E-state index in [0.717, 1.165) is 0 Å². The maximum Gasteiger partial charge on any atom is 0.0746 e. The Labute approximate surface area is 76.2 Å². The summed E-state index contributed by atoms with van der Waals surface area (Å²) < 4.78 is 0. The molecule has 0 saturated heterocycles. The lowest BCUT2D eigenvalue weighted by molar-refractivity contribution is -0.112. The van der Waals surface area contributed by atoms with Crippen molar-refractivity contribution in [2.75, 3.05) is 0 Å². The van der Waals surface area contributed by atoms with Crippen LogP contribution in [0.4, 0.5) is 0 Å². The average Bonchev–Trinajstić information content (AvgIpc) is 2.63. The van der Waals surface area contributed by atoms with Gasteiger partial charge >= 0.3 is 0 Å². The number of hydrogen-bond donors (Lipinski definition) is 1. The third-order valence-corrected chi connectivity index (χ3v) is 3.28. The molecule has 1 atom stereocenters. The largest absolute Gasteiger partial charge is 0.389 e. The Morgan fingerprint density at radius 2 is 1.58 bits per heavy atom. The fourth-order valence-corrected chi connectivity index (χ4v) is 2.47. The van der Waals surface area contributed by atoms with Crippen LogP contribution in [0.3, 0.4) is 0 Å². The van der Waals surface area contributed by atoms with Crippen molar-refractivity contribution in [1.82, 2.24) is 0 Å². The van der Waals surface area contributed by atoms with Crippen LogP contribution in [0.5, 0.6) is 0 Å². The molecule has 0 aliphatic heterocycles. The molecule has 0 spiro atoms. The van der Waals surface area contributed by atoms with E-state index in [0.29, 0.717) is 11.8 Å². The summed E-state index contributed by atoms with van der Waals surface area (Å²) in [6, 6.07) is 0. The van der Waals surface area contributed by atoms with Crippen molar-refractivity contribution in [2.45, 2.75) is 53.1 Å². The SMILES string of the molecule is CC(C)C(O)(C1CC1)C(C)(C)C. The quantitative estimate of drug-likeness (QED) is 0.675. The molecule has 1 nitrogen and oxygen atoms in total. The molecule has 0 aromatic carbocycles. The smallest absolute Gasteiger partial charge is 0.0746 e.